The number of ether oxygens (including phenoxy) is 1. The van der Waals surface area contributed by atoms with Crippen LogP contribution in [0.5, 0.6) is 0 Å². The van der Waals surface area contributed by atoms with Crippen molar-refractivity contribution in [3.63, 3.8) is 0 Å². The molecular weight excluding hydrogens is 342 g/mol. The second-order valence-electron chi connectivity index (χ2n) is 4.99. The minimum Gasteiger partial charge on any atom is -0.468 e. The lowest BCUT2D eigenvalue weighted by Crippen LogP contribution is -2.31. The predicted octanol–water partition coefficient (Wildman–Crippen LogP) is 2.27. The maximum Gasteiger partial charge on any atom is 0.325 e. The van der Waals surface area contributed by atoms with Gasteiger partial charge in [0.2, 0.25) is 5.91 Å². The number of nitrogens with zero attached hydrogens (tertiary/aromatic N) is 2. The number of benzene rings is 1. The van der Waals surface area contributed by atoms with Crippen molar-refractivity contribution < 1.29 is 18.7 Å². The minimum atomic E-state index is -0.494. The fourth-order valence-corrected chi connectivity index (χ4v) is 2.95. The molecule has 0 atom stereocenters. The first kappa shape index (κ1) is 17.0. The van der Waals surface area contributed by atoms with Crippen LogP contribution >= 0.6 is 11.8 Å². The third-order valence-corrected chi connectivity index (χ3v) is 4.30. The molecule has 25 heavy (non-hydrogen) atoms. The molecule has 0 aliphatic rings. The van der Waals surface area contributed by atoms with Crippen LogP contribution in [0, 0.1) is 0 Å². The van der Waals surface area contributed by atoms with Gasteiger partial charge in [-0.15, -0.1) is 0 Å². The van der Waals surface area contributed by atoms with Crippen LogP contribution in [-0.2, 0) is 14.3 Å². The molecular formula is C17H15N3O4S. The van der Waals surface area contributed by atoms with Gasteiger partial charge in [-0.2, -0.15) is 0 Å². The van der Waals surface area contributed by atoms with E-state index in [-0.39, 0.29) is 18.2 Å². The molecule has 3 rings (SSSR count). The van der Waals surface area contributed by atoms with Gasteiger partial charge in [-0.05, 0) is 18.2 Å². The number of furan rings is 1. The van der Waals surface area contributed by atoms with Crippen LogP contribution in [-0.4, -0.2) is 41.3 Å². The summed E-state index contributed by atoms with van der Waals surface area (Å²) in [5.74, 6) is 0.364. The van der Waals surface area contributed by atoms with E-state index in [9.17, 15) is 9.59 Å². The summed E-state index contributed by atoms with van der Waals surface area (Å²) < 4.78 is 9.85. The van der Waals surface area contributed by atoms with Gasteiger partial charge >= 0.3 is 5.97 Å². The summed E-state index contributed by atoms with van der Waals surface area (Å²) in [6, 6.07) is 11.1. The van der Waals surface area contributed by atoms with Crippen molar-refractivity contribution >= 4 is 34.5 Å². The van der Waals surface area contributed by atoms with Crippen LogP contribution in [0.15, 0.2) is 52.1 Å². The Balaban J connectivity index is 1.80. The fourth-order valence-electron chi connectivity index (χ4n) is 2.10. The van der Waals surface area contributed by atoms with Gasteiger partial charge in [0.25, 0.3) is 0 Å². The molecule has 0 radical (unpaired) electrons. The Morgan fingerprint density at radius 1 is 1.20 bits per heavy atom. The van der Waals surface area contributed by atoms with Gasteiger partial charge < -0.3 is 14.5 Å². The molecule has 0 aliphatic carbocycles. The van der Waals surface area contributed by atoms with Crippen LogP contribution in [0.3, 0.4) is 0 Å². The van der Waals surface area contributed by atoms with Gasteiger partial charge in [0.15, 0.2) is 11.6 Å². The summed E-state index contributed by atoms with van der Waals surface area (Å²) in [5, 5.41) is 4.02. The molecule has 2 aromatic heterocycles. The lowest BCUT2D eigenvalue weighted by molar-refractivity contribution is -0.140. The van der Waals surface area contributed by atoms with Crippen LogP contribution in [0.1, 0.15) is 0 Å². The molecule has 0 aliphatic heterocycles. The number of carbonyl (C=O) groups excluding carboxylic acids is 2. The van der Waals surface area contributed by atoms with Crippen molar-refractivity contribution in [2.24, 2.45) is 0 Å². The van der Waals surface area contributed by atoms with Crippen LogP contribution in [0.25, 0.3) is 22.5 Å². The second kappa shape index (κ2) is 7.80. The largest absolute Gasteiger partial charge is 0.468 e. The monoisotopic (exact) mass is 357 g/mol. The Labute approximate surface area is 147 Å². The minimum absolute atomic E-state index is 0.121. The summed E-state index contributed by atoms with van der Waals surface area (Å²) in [4.78, 5) is 32.0. The average molecular weight is 357 g/mol. The Morgan fingerprint density at radius 2 is 2.04 bits per heavy atom. The molecule has 0 saturated carbocycles. The summed E-state index contributed by atoms with van der Waals surface area (Å²) in [6.07, 6.45) is 1.56. The highest BCUT2D eigenvalue weighted by Gasteiger charge is 2.13. The van der Waals surface area contributed by atoms with Crippen LogP contribution in [0.2, 0.25) is 0 Å². The zero-order valence-electron chi connectivity index (χ0n) is 13.4. The quantitative estimate of drug-likeness (QED) is 0.411. The number of para-hydroxylation sites is 1. The molecule has 0 unspecified atom stereocenters. The molecule has 128 valence electrons. The van der Waals surface area contributed by atoms with Crippen molar-refractivity contribution in [1.82, 2.24) is 15.3 Å². The first-order chi connectivity index (χ1) is 12.2. The van der Waals surface area contributed by atoms with Crippen molar-refractivity contribution in [1.29, 1.82) is 0 Å². The molecule has 3 aromatic rings. The SMILES string of the molecule is COC(=O)CNC(=O)CSc1nc(-c2ccco2)nc2ccccc12. The first-order valence-corrected chi connectivity index (χ1v) is 8.43. The van der Waals surface area contributed by atoms with Crippen LogP contribution < -0.4 is 5.32 Å². The topological polar surface area (TPSA) is 94.3 Å². The van der Waals surface area contributed by atoms with Gasteiger partial charge in [0.1, 0.15) is 11.6 Å². The highest BCUT2D eigenvalue weighted by atomic mass is 32.2. The number of amides is 1. The second-order valence-corrected chi connectivity index (χ2v) is 5.95. The van der Waals surface area contributed by atoms with E-state index in [1.807, 2.05) is 24.3 Å². The fraction of sp³-hybridized carbons (Fsp3) is 0.176. The van der Waals surface area contributed by atoms with Gasteiger partial charge in [0, 0.05) is 5.39 Å². The van der Waals surface area contributed by atoms with Crippen LogP contribution in [0.4, 0.5) is 0 Å². The smallest absolute Gasteiger partial charge is 0.325 e. The van der Waals surface area contributed by atoms with Gasteiger partial charge in [-0.1, -0.05) is 30.0 Å². The van der Waals surface area contributed by atoms with E-state index in [0.717, 1.165) is 10.9 Å². The Kier molecular flexibility index (Phi) is 5.30. The van der Waals surface area contributed by atoms with E-state index in [1.54, 1.807) is 18.4 Å². The van der Waals surface area contributed by atoms with E-state index < -0.39 is 5.97 Å². The number of fused-ring (bicyclic) bond motifs is 1. The number of aromatic nitrogens is 2. The van der Waals surface area contributed by atoms with Gasteiger partial charge in [-0.25, -0.2) is 9.97 Å². The Hall–Kier alpha value is -2.87. The van der Waals surface area contributed by atoms with Crippen molar-refractivity contribution in [2.75, 3.05) is 19.4 Å². The number of nitrogens with one attached hydrogen (secondary N) is 1. The zero-order chi connectivity index (χ0) is 17.6. The van der Waals surface area contributed by atoms with Gasteiger partial charge in [-0.3, -0.25) is 9.59 Å². The molecule has 0 fully saturated rings. The summed E-state index contributed by atoms with van der Waals surface area (Å²) >= 11 is 1.27. The number of rotatable bonds is 6. The number of carbonyl (C=O) groups is 2. The van der Waals surface area contributed by atoms with Crippen molar-refractivity contribution in [3.05, 3.63) is 42.7 Å². The molecule has 1 aromatic carbocycles. The molecule has 0 saturated heterocycles. The molecule has 0 spiro atoms. The third-order valence-electron chi connectivity index (χ3n) is 3.31. The Morgan fingerprint density at radius 3 is 2.80 bits per heavy atom. The maximum atomic E-state index is 11.9. The molecule has 1 N–H and O–H groups in total. The van der Waals surface area contributed by atoms with E-state index in [2.05, 4.69) is 20.0 Å². The highest BCUT2D eigenvalue weighted by Crippen LogP contribution is 2.28. The number of methoxy groups -OCH3 is 1. The standard InChI is InChI=1S/C17H15N3O4S/c1-23-15(22)9-18-14(21)10-25-17-11-5-2-3-6-12(11)19-16(20-17)13-7-4-8-24-13/h2-8H,9-10H2,1H3,(H,18,21). The zero-order valence-corrected chi connectivity index (χ0v) is 14.2. The lowest BCUT2D eigenvalue weighted by Gasteiger charge is -2.07. The first-order valence-electron chi connectivity index (χ1n) is 7.44. The maximum absolute atomic E-state index is 11.9. The number of thioether (sulfide) groups is 1. The van der Waals surface area contributed by atoms with Crippen molar-refractivity contribution in [2.45, 2.75) is 5.03 Å². The Bertz CT molecular complexity index is 896. The van der Waals surface area contributed by atoms with E-state index in [0.29, 0.717) is 16.6 Å². The summed E-state index contributed by atoms with van der Waals surface area (Å²) in [7, 11) is 1.27. The molecule has 7 nitrogen and oxygen atoms in total. The van der Waals surface area contributed by atoms with Gasteiger partial charge in [0.05, 0.1) is 24.6 Å². The molecule has 2 heterocycles. The lowest BCUT2D eigenvalue weighted by atomic mass is 10.2. The van der Waals surface area contributed by atoms with E-state index in [1.165, 1.54) is 18.9 Å². The summed E-state index contributed by atoms with van der Waals surface area (Å²) in [5.41, 5.74) is 0.765. The highest BCUT2D eigenvalue weighted by molar-refractivity contribution is 8.00. The van der Waals surface area contributed by atoms with E-state index in [4.69, 9.17) is 4.42 Å². The number of hydrogen-bond acceptors (Lipinski definition) is 7. The molecule has 0 bridgehead atoms. The molecule has 1 amide bonds. The van der Waals surface area contributed by atoms with Crippen molar-refractivity contribution in [3.8, 4) is 11.6 Å². The normalized spacial score (nSPS) is 10.6. The number of hydrogen-bond donors (Lipinski definition) is 1. The molecule has 8 heteroatoms. The third kappa shape index (κ3) is 4.16. The van der Waals surface area contributed by atoms with E-state index >= 15 is 0 Å². The average Bonchev–Trinajstić information content (AvgIpc) is 3.18. The summed E-state index contributed by atoms with van der Waals surface area (Å²) in [6.45, 7) is -0.155. The number of esters is 1. The predicted molar refractivity (Wildman–Crippen MR) is 93.0 cm³/mol.